The zero-order valence-electron chi connectivity index (χ0n) is 29.1. The van der Waals surface area contributed by atoms with Gasteiger partial charge in [0.2, 0.25) is 0 Å². The third-order valence-corrected chi connectivity index (χ3v) is 10.4. The first-order chi connectivity index (χ1) is 25.2. The second-order valence-electron chi connectivity index (χ2n) is 14.0. The van der Waals surface area contributed by atoms with Crippen molar-refractivity contribution < 1.29 is 15.0 Å². The maximum atomic E-state index is 11.5. The van der Waals surface area contributed by atoms with Crippen LogP contribution >= 0.6 is 0 Å². The number of nitrogens with one attached hydrogen (secondary N) is 1. The smallest absolute Gasteiger partial charge is 0.307 e. The monoisotopic (exact) mass is 693 g/mol. The molecule has 2 aliphatic rings. The van der Waals surface area contributed by atoms with Crippen LogP contribution in [0.2, 0.25) is 0 Å². The molecule has 4 aromatic heterocycles. The molecule has 0 amide bonds. The van der Waals surface area contributed by atoms with Crippen LogP contribution in [0.25, 0.3) is 39.1 Å². The fourth-order valence-corrected chi connectivity index (χ4v) is 7.62. The van der Waals surface area contributed by atoms with Gasteiger partial charge < -0.3 is 15.5 Å². The van der Waals surface area contributed by atoms with E-state index in [1.54, 1.807) is 10.7 Å². The molecular weight excluding hydrogens is 655 g/mol. The summed E-state index contributed by atoms with van der Waals surface area (Å²) >= 11 is 0. The molecule has 8 rings (SSSR count). The first-order valence-electron chi connectivity index (χ1n) is 17.6. The highest BCUT2D eigenvalue weighted by atomic mass is 16.4. The summed E-state index contributed by atoms with van der Waals surface area (Å²) in [4.78, 5) is 30.1. The van der Waals surface area contributed by atoms with E-state index in [1.807, 2.05) is 48.8 Å². The minimum absolute atomic E-state index is 0.253. The number of β-amino-alcohol motifs (C(OH)–C–C–N with tert-alkyl or cyclic N) is 1. The van der Waals surface area contributed by atoms with Gasteiger partial charge in [-0.2, -0.15) is 5.26 Å². The molecule has 6 aromatic rings. The van der Waals surface area contributed by atoms with Crippen molar-refractivity contribution in [2.24, 2.45) is 5.92 Å². The molecule has 2 saturated heterocycles. The zero-order chi connectivity index (χ0) is 35.9. The number of fused-ring (bicyclic) bond motifs is 2. The van der Waals surface area contributed by atoms with E-state index in [-0.39, 0.29) is 12.0 Å². The van der Waals surface area contributed by atoms with Crippen molar-refractivity contribution in [1.29, 1.82) is 5.26 Å². The molecule has 2 atom stereocenters. The summed E-state index contributed by atoms with van der Waals surface area (Å²) in [6, 6.07) is 20.5. The highest BCUT2D eigenvalue weighted by Crippen LogP contribution is 2.36. The Balaban J connectivity index is 1.07. The van der Waals surface area contributed by atoms with E-state index in [1.165, 1.54) is 0 Å². The Morgan fingerprint density at radius 2 is 1.69 bits per heavy atom. The predicted octanol–water partition coefficient (Wildman–Crippen LogP) is 5.71. The van der Waals surface area contributed by atoms with Crippen molar-refractivity contribution >= 4 is 34.0 Å². The number of carbonyl (C=O) groups is 1. The van der Waals surface area contributed by atoms with Crippen LogP contribution < -0.4 is 5.32 Å². The Bertz CT molecular complexity index is 2380. The average Bonchev–Trinajstić information content (AvgIpc) is 3.89. The molecule has 2 fully saturated rings. The molecule has 3 N–H and O–H groups in total. The Hall–Kier alpha value is -5.74. The van der Waals surface area contributed by atoms with Gasteiger partial charge in [0.05, 0.1) is 17.6 Å². The van der Waals surface area contributed by atoms with Crippen molar-refractivity contribution in [2.45, 2.75) is 45.9 Å². The topological polar surface area (TPSA) is 156 Å². The molecule has 262 valence electrons. The fourth-order valence-electron chi connectivity index (χ4n) is 7.62. The maximum Gasteiger partial charge on any atom is 0.307 e. The third-order valence-electron chi connectivity index (χ3n) is 10.4. The van der Waals surface area contributed by atoms with Crippen LogP contribution in [0.3, 0.4) is 0 Å². The second-order valence-corrected chi connectivity index (χ2v) is 14.0. The second kappa shape index (κ2) is 13.8. The molecule has 6 heterocycles. The molecule has 0 bridgehead atoms. The predicted molar refractivity (Wildman–Crippen MR) is 198 cm³/mol. The van der Waals surface area contributed by atoms with E-state index in [9.17, 15) is 20.3 Å². The van der Waals surface area contributed by atoms with E-state index in [0.29, 0.717) is 55.5 Å². The Kier molecular flexibility index (Phi) is 8.84. The number of nitrogens with zero attached hydrogens (tertiary/aromatic N) is 8. The van der Waals surface area contributed by atoms with Crippen LogP contribution in [0.4, 0.5) is 11.5 Å². The number of benzene rings is 2. The number of rotatable bonds is 9. The largest absolute Gasteiger partial charge is 0.481 e. The van der Waals surface area contributed by atoms with Crippen molar-refractivity contribution in [3.8, 4) is 28.6 Å². The van der Waals surface area contributed by atoms with Crippen molar-refractivity contribution in [3.63, 3.8) is 0 Å². The summed E-state index contributed by atoms with van der Waals surface area (Å²) in [5.41, 5.74) is 9.64. The lowest BCUT2D eigenvalue weighted by Crippen LogP contribution is -2.23. The summed E-state index contributed by atoms with van der Waals surface area (Å²) in [7, 11) is 0. The van der Waals surface area contributed by atoms with Gasteiger partial charge in [-0.1, -0.05) is 30.3 Å². The van der Waals surface area contributed by atoms with Crippen LogP contribution in [0.1, 0.15) is 40.7 Å². The van der Waals surface area contributed by atoms with Crippen LogP contribution in [-0.4, -0.2) is 82.8 Å². The molecule has 52 heavy (non-hydrogen) atoms. The standard InChI is InChI=1S/C40H39N9O3/c1-24-32(5-3-7-34(24)37-45-39-30(17-41)16-27(21-49(39)46-37)20-47-13-10-29(22-47)40(51)52)33-6-4-8-35(25(33)2)44-38-36-28(9-12-42-38)15-26(18-43-36)19-48-14-11-31(50)23-48/h3-9,12,15-16,18,21,29,31,50H,10-11,13-14,19-20,22-23H2,1-2H3,(H,42,44)(H,51,52)/t29-,31-/m1/s1. The molecule has 0 saturated carbocycles. The third kappa shape index (κ3) is 6.46. The van der Waals surface area contributed by atoms with Gasteiger partial charge in [0.25, 0.3) is 0 Å². The number of pyridine rings is 3. The highest BCUT2D eigenvalue weighted by molar-refractivity contribution is 5.91. The molecule has 0 spiro atoms. The Labute approximate surface area is 301 Å². The number of anilines is 2. The number of aliphatic carboxylic acids is 1. The first kappa shape index (κ1) is 33.4. The van der Waals surface area contributed by atoms with Gasteiger partial charge in [0.1, 0.15) is 11.6 Å². The minimum atomic E-state index is -0.767. The molecule has 12 heteroatoms. The maximum absolute atomic E-state index is 11.5. The SMILES string of the molecule is Cc1c(Nc2nccc3cc(CN4CC[C@@H](O)C4)cnc23)cccc1-c1cccc(-c2nc3c(C#N)cc(CN4CC[C@@H](C(=O)O)C4)cn3n2)c1C. The number of carboxylic acids is 1. The van der Waals surface area contributed by atoms with Gasteiger partial charge in [-0.05, 0) is 90.9 Å². The van der Waals surface area contributed by atoms with Crippen molar-refractivity contribution in [1.82, 2.24) is 34.4 Å². The summed E-state index contributed by atoms with van der Waals surface area (Å²) in [6.45, 7) is 8.21. The average molecular weight is 694 g/mol. The molecule has 2 aliphatic heterocycles. The van der Waals surface area contributed by atoms with Gasteiger partial charge >= 0.3 is 5.97 Å². The lowest BCUT2D eigenvalue weighted by atomic mass is 9.92. The van der Waals surface area contributed by atoms with Crippen LogP contribution in [0, 0.1) is 31.1 Å². The quantitative estimate of drug-likeness (QED) is 0.170. The Morgan fingerprint density at radius 1 is 0.942 bits per heavy atom. The molecular formula is C40H39N9O3. The summed E-state index contributed by atoms with van der Waals surface area (Å²) in [5, 5.41) is 38.7. The summed E-state index contributed by atoms with van der Waals surface area (Å²) in [5.74, 6) is 0.0738. The number of hydrogen-bond acceptors (Lipinski definition) is 10. The van der Waals surface area contributed by atoms with Crippen LogP contribution in [-0.2, 0) is 17.9 Å². The minimum Gasteiger partial charge on any atom is -0.481 e. The van der Waals surface area contributed by atoms with Gasteiger partial charge in [-0.3, -0.25) is 19.6 Å². The number of nitriles is 1. The number of likely N-dealkylation sites (tertiary alicyclic amines) is 2. The lowest BCUT2D eigenvalue weighted by Gasteiger charge is -2.17. The summed E-state index contributed by atoms with van der Waals surface area (Å²) in [6.07, 6.45) is 6.75. The molecule has 0 radical (unpaired) electrons. The first-order valence-corrected chi connectivity index (χ1v) is 17.6. The molecule has 0 aliphatic carbocycles. The Morgan fingerprint density at radius 3 is 2.46 bits per heavy atom. The van der Waals surface area contributed by atoms with E-state index in [2.05, 4.69) is 58.2 Å². The van der Waals surface area contributed by atoms with Crippen LogP contribution in [0.15, 0.2) is 73.2 Å². The number of aliphatic hydroxyl groups excluding tert-OH is 1. The lowest BCUT2D eigenvalue weighted by molar-refractivity contribution is -0.141. The van der Waals surface area contributed by atoms with Gasteiger partial charge in [0, 0.05) is 68.0 Å². The molecule has 0 unspecified atom stereocenters. The number of hydrogen-bond donors (Lipinski definition) is 3. The fraction of sp³-hybridized carbons (Fsp3) is 0.300. The number of carboxylic acid groups (broad SMARTS) is 1. The van der Waals surface area contributed by atoms with Crippen LogP contribution in [0.5, 0.6) is 0 Å². The molecule has 2 aromatic carbocycles. The normalized spacial score (nSPS) is 18.0. The molecule has 12 nitrogen and oxygen atoms in total. The van der Waals surface area contributed by atoms with E-state index in [0.717, 1.165) is 75.0 Å². The number of aliphatic hydroxyl groups is 1. The van der Waals surface area contributed by atoms with Gasteiger partial charge in [-0.25, -0.2) is 14.5 Å². The van der Waals surface area contributed by atoms with E-state index in [4.69, 9.17) is 15.1 Å². The van der Waals surface area contributed by atoms with Crippen molar-refractivity contribution in [3.05, 3.63) is 101 Å². The van der Waals surface area contributed by atoms with Gasteiger partial charge in [0.15, 0.2) is 17.3 Å². The van der Waals surface area contributed by atoms with E-state index < -0.39 is 5.97 Å². The summed E-state index contributed by atoms with van der Waals surface area (Å²) < 4.78 is 1.67. The van der Waals surface area contributed by atoms with Gasteiger partial charge in [-0.15, -0.1) is 5.10 Å². The van der Waals surface area contributed by atoms with Crippen molar-refractivity contribution in [2.75, 3.05) is 31.5 Å². The van der Waals surface area contributed by atoms with E-state index >= 15 is 0 Å². The highest BCUT2D eigenvalue weighted by Gasteiger charge is 2.28. The number of aromatic nitrogens is 5. The zero-order valence-corrected chi connectivity index (χ0v) is 29.1.